The molecule has 0 radical (unpaired) electrons. The van der Waals surface area contributed by atoms with Crippen LogP contribution < -0.4 is 5.73 Å². The Morgan fingerprint density at radius 1 is 1.40 bits per heavy atom. The molecular formula is C8H18ClN. The summed E-state index contributed by atoms with van der Waals surface area (Å²) in [7, 11) is 0. The molecule has 0 aromatic rings. The molecule has 0 amide bonds. The van der Waals surface area contributed by atoms with Crippen molar-refractivity contribution in [2.75, 3.05) is 6.54 Å². The fourth-order valence-electron chi connectivity index (χ4n) is 0.394. The Kier molecular flexibility index (Phi) is 20.2. The number of hydrogen-bond acceptors (Lipinski definition) is 1. The average molecular weight is 164 g/mol. The number of halogens is 1. The highest BCUT2D eigenvalue weighted by atomic mass is 35.5. The second-order valence-electron chi connectivity index (χ2n) is 1.96. The summed E-state index contributed by atoms with van der Waals surface area (Å²) in [5.41, 5.74) is 6.69. The summed E-state index contributed by atoms with van der Waals surface area (Å²) in [6.45, 7) is 4.90. The van der Waals surface area contributed by atoms with Crippen LogP contribution in [0, 0.1) is 0 Å². The van der Waals surface area contributed by atoms with Crippen LogP contribution in [0.4, 0.5) is 0 Å². The topological polar surface area (TPSA) is 26.0 Å². The summed E-state index contributed by atoms with van der Waals surface area (Å²) in [5, 5.41) is 0. The Morgan fingerprint density at radius 3 is 2.00 bits per heavy atom. The molecule has 1 nitrogen and oxygen atoms in total. The third-order valence-electron chi connectivity index (χ3n) is 0.934. The van der Waals surface area contributed by atoms with E-state index in [1.165, 1.54) is 24.8 Å². The van der Waals surface area contributed by atoms with Gasteiger partial charge in [0.05, 0.1) is 0 Å². The molecule has 0 unspecified atom stereocenters. The first-order chi connectivity index (χ1) is 4.83. The normalized spacial score (nSPS) is 9.20. The lowest BCUT2D eigenvalue weighted by Gasteiger charge is -1.86. The van der Waals surface area contributed by atoms with Crippen molar-refractivity contribution in [2.45, 2.75) is 33.1 Å². The van der Waals surface area contributed by atoms with E-state index in [9.17, 15) is 0 Å². The molecule has 0 aromatic carbocycles. The Bertz CT molecular complexity index is 54.3. The van der Waals surface area contributed by atoms with Gasteiger partial charge in [0.15, 0.2) is 0 Å². The van der Waals surface area contributed by atoms with E-state index in [1.54, 1.807) is 6.08 Å². The van der Waals surface area contributed by atoms with Gasteiger partial charge in [0.25, 0.3) is 0 Å². The van der Waals surface area contributed by atoms with Crippen molar-refractivity contribution in [3.8, 4) is 0 Å². The van der Waals surface area contributed by atoms with Crippen LogP contribution in [-0.2, 0) is 0 Å². The van der Waals surface area contributed by atoms with E-state index in [-0.39, 0.29) is 0 Å². The van der Waals surface area contributed by atoms with E-state index in [4.69, 9.17) is 17.3 Å². The lowest BCUT2D eigenvalue weighted by Crippen LogP contribution is -1.96. The van der Waals surface area contributed by atoms with E-state index in [0.29, 0.717) is 0 Å². The Hall–Kier alpha value is -0.0100. The summed E-state index contributed by atoms with van der Waals surface area (Å²) in [6.07, 6.45) is 5.52. The molecule has 0 heterocycles. The van der Waals surface area contributed by atoms with E-state index in [0.717, 1.165) is 6.54 Å². The number of rotatable bonds is 3. The van der Waals surface area contributed by atoms with Crippen LogP contribution in [0.5, 0.6) is 0 Å². The summed E-state index contributed by atoms with van der Waals surface area (Å²) < 4.78 is 0. The molecule has 0 aliphatic heterocycles. The van der Waals surface area contributed by atoms with Crippen LogP contribution in [0.1, 0.15) is 33.1 Å². The maximum Gasteiger partial charge on any atom is -0.0000330 e. The molecule has 0 bridgehead atoms. The molecule has 0 spiro atoms. The fourth-order valence-corrected chi connectivity index (χ4v) is 0.394. The maximum atomic E-state index is 5.21. The van der Waals surface area contributed by atoms with E-state index in [1.807, 2.05) is 6.92 Å². The van der Waals surface area contributed by atoms with Gasteiger partial charge in [-0.05, 0) is 25.4 Å². The van der Waals surface area contributed by atoms with Gasteiger partial charge in [0.2, 0.25) is 0 Å². The molecule has 0 aliphatic carbocycles. The first-order valence-electron chi connectivity index (χ1n) is 3.74. The van der Waals surface area contributed by atoms with Gasteiger partial charge in [0.1, 0.15) is 0 Å². The average Bonchev–Trinajstić information content (AvgIpc) is 2.01. The summed E-state index contributed by atoms with van der Waals surface area (Å²) in [5.74, 6) is 0. The highest BCUT2D eigenvalue weighted by Gasteiger charge is 1.75. The molecule has 0 aromatic heterocycles. The van der Waals surface area contributed by atoms with Gasteiger partial charge in [0, 0.05) is 0 Å². The van der Waals surface area contributed by atoms with Crippen LogP contribution >= 0.6 is 11.6 Å². The van der Waals surface area contributed by atoms with Crippen LogP contribution in [0.25, 0.3) is 0 Å². The number of allylic oxidation sites excluding steroid dienone is 1. The SMILES string of the molecule is CC=CCl.CCCCCN. The third-order valence-corrected chi connectivity index (χ3v) is 1.19. The minimum atomic E-state index is 0.855. The monoisotopic (exact) mass is 163 g/mol. The molecule has 0 saturated carbocycles. The smallest absolute Gasteiger partial charge is 0.0000330 e. The molecule has 2 N–H and O–H groups in total. The molecule has 62 valence electrons. The van der Waals surface area contributed by atoms with Gasteiger partial charge in [-0.15, -0.1) is 0 Å². The number of nitrogens with two attached hydrogens (primary N) is 1. The minimum absolute atomic E-state index is 0.855. The molecule has 0 atom stereocenters. The van der Waals surface area contributed by atoms with Gasteiger partial charge < -0.3 is 5.73 Å². The second-order valence-corrected chi connectivity index (χ2v) is 2.21. The number of unbranched alkanes of at least 4 members (excludes halogenated alkanes) is 2. The lowest BCUT2D eigenvalue weighted by atomic mass is 10.3. The molecule has 0 aliphatic rings. The quantitative estimate of drug-likeness (QED) is 0.637. The summed E-state index contributed by atoms with van der Waals surface area (Å²) in [4.78, 5) is 0. The van der Waals surface area contributed by atoms with Crippen molar-refractivity contribution in [2.24, 2.45) is 5.73 Å². The summed E-state index contributed by atoms with van der Waals surface area (Å²) in [6, 6.07) is 0. The van der Waals surface area contributed by atoms with Crippen LogP contribution in [0.2, 0.25) is 0 Å². The van der Waals surface area contributed by atoms with Crippen molar-refractivity contribution in [1.82, 2.24) is 0 Å². The third kappa shape index (κ3) is 24.5. The largest absolute Gasteiger partial charge is 0.330 e. The van der Waals surface area contributed by atoms with Crippen LogP contribution in [0.15, 0.2) is 11.6 Å². The Labute approximate surface area is 69.3 Å². The standard InChI is InChI=1S/C5H13N.C3H5Cl/c1-2-3-4-5-6;1-2-3-4/h2-6H2,1H3;2-3H,1H3. The zero-order valence-electron chi connectivity index (χ0n) is 6.94. The Morgan fingerprint density at radius 2 is 1.90 bits per heavy atom. The Balaban J connectivity index is 0. The zero-order chi connectivity index (χ0) is 8.24. The van der Waals surface area contributed by atoms with Gasteiger partial charge >= 0.3 is 0 Å². The molecule has 2 heteroatoms. The lowest BCUT2D eigenvalue weighted by molar-refractivity contribution is 0.727. The fraction of sp³-hybridized carbons (Fsp3) is 0.750. The first kappa shape index (κ1) is 12.6. The second kappa shape index (κ2) is 16.0. The van der Waals surface area contributed by atoms with Crippen molar-refractivity contribution in [3.63, 3.8) is 0 Å². The predicted molar refractivity (Wildman–Crippen MR) is 49.2 cm³/mol. The molecular weight excluding hydrogens is 146 g/mol. The van der Waals surface area contributed by atoms with Gasteiger partial charge in [-0.25, -0.2) is 0 Å². The molecule has 0 rings (SSSR count). The predicted octanol–water partition coefficient (Wildman–Crippen LogP) is 2.89. The highest BCUT2D eigenvalue weighted by Crippen LogP contribution is 1.88. The zero-order valence-corrected chi connectivity index (χ0v) is 7.69. The highest BCUT2D eigenvalue weighted by molar-refractivity contribution is 6.25. The van der Waals surface area contributed by atoms with Crippen molar-refractivity contribution >= 4 is 11.6 Å². The van der Waals surface area contributed by atoms with Crippen LogP contribution in [-0.4, -0.2) is 6.54 Å². The van der Waals surface area contributed by atoms with Crippen LogP contribution in [0.3, 0.4) is 0 Å². The maximum absolute atomic E-state index is 5.21. The molecule has 0 saturated heterocycles. The van der Waals surface area contributed by atoms with Gasteiger partial charge in [-0.3, -0.25) is 0 Å². The number of hydrogen-bond donors (Lipinski definition) is 1. The van der Waals surface area contributed by atoms with Crippen molar-refractivity contribution < 1.29 is 0 Å². The van der Waals surface area contributed by atoms with Gasteiger partial charge in [-0.2, -0.15) is 0 Å². The van der Waals surface area contributed by atoms with E-state index in [2.05, 4.69) is 6.92 Å². The molecule has 10 heavy (non-hydrogen) atoms. The van der Waals surface area contributed by atoms with E-state index >= 15 is 0 Å². The molecule has 0 fully saturated rings. The summed E-state index contributed by atoms with van der Waals surface area (Å²) >= 11 is 5.01. The minimum Gasteiger partial charge on any atom is -0.330 e. The van der Waals surface area contributed by atoms with Crippen molar-refractivity contribution in [3.05, 3.63) is 11.6 Å². The van der Waals surface area contributed by atoms with Gasteiger partial charge in [-0.1, -0.05) is 37.4 Å². The first-order valence-corrected chi connectivity index (χ1v) is 4.18. The van der Waals surface area contributed by atoms with E-state index < -0.39 is 0 Å². The van der Waals surface area contributed by atoms with Crippen molar-refractivity contribution in [1.29, 1.82) is 0 Å².